The van der Waals surface area contributed by atoms with Crippen molar-refractivity contribution in [2.45, 2.75) is 65.9 Å². The lowest BCUT2D eigenvalue weighted by Gasteiger charge is -2.39. The number of rotatable bonds is 5. The minimum atomic E-state index is 0.00393. The van der Waals surface area contributed by atoms with Gasteiger partial charge in [0.1, 0.15) is 0 Å². The van der Waals surface area contributed by atoms with E-state index in [4.69, 9.17) is 4.74 Å². The number of aliphatic hydroxyl groups excluding tert-OH is 1. The smallest absolute Gasteiger partial charge is 0.0546 e. The minimum absolute atomic E-state index is 0.00393. The van der Waals surface area contributed by atoms with Gasteiger partial charge in [-0.05, 0) is 57.0 Å². The van der Waals surface area contributed by atoms with Gasteiger partial charge in [0.05, 0.1) is 6.10 Å². The van der Waals surface area contributed by atoms with Crippen molar-refractivity contribution in [2.24, 2.45) is 11.8 Å². The number of ether oxygens (including phenoxy) is 1. The van der Waals surface area contributed by atoms with Crippen LogP contribution in [0.2, 0.25) is 0 Å². The minimum Gasteiger partial charge on any atom is -0.393 e. The van der Waals surface area contributed by atoms with Gasteiger partial charge in [0.25, 0.3) is 0 Å². The van der Waals surface area contributed by atoms with Crippen molar-refractivity contribution in [3.63, 3.8) is 0 Å². The van der Waals surface area contributed by atoms with E-state index in [-0.39, 0.29) is 6.10 Å². The Hall–Kier alpha value is -0.120. The molecular formula is C17H37NO2. The predicted octanol–water partition coefficient (Wildman–Crippen LogP) is 3.56. The van der Waals surface area contributed by atoms with Gasteiger partial charge in [-0.25, -0.2) is 0 Å². The van der Waals surface area contributed by atoms with E-state index in [9.17, 15) is 5.11 Å². The molecule has 3 heteroatoms. The molecule has 1 heterocycles. The number of likely N-dealkylation sites (tertiary alicyclic amines) is 1. The van der Waals surface area contributed by atoms with Gasteiger partial charge in [0.2, 0.25) is 0 Å². The lowest BCUT2D eigenvalue weighted by atomic mass is 9.81. The average molecular weight is 287 g/mol. The van der Waals surface area contributed by atoms with Crippen LogP contribution in [0.4, 0.5) is 0 Å². The number of nitrogens with zero attached hydrogens (tertiary/aromatic N) is 1. The number of hydrogen-bond acceptors (Lipinski definition) is 3. The monoisotopic (exact) mass is 287 g/mol. The van der Waals surface area contributed by atoms with E-state index in [0.29, 0.717) is 0 Å². The van der Waals surface area contributed by atoms with E-state index in [1.807, 2.05) is 27.7 Å². The van der Waals surface area contributed by atoms with Crippen LogP contribution in [-0.4, -0.2) is 49.5 Å². The van der Waals surface area contributed by atoms with Crippen LogP contribution in [0.5, 0.6) is 0 Å². The fourth-order valence-corrected chi connectivity index (χ4v) is 2.96. The molecule has 0 aromatic heterocycles. The van der Waals surface area contributed by atoms with Crippen molar-refractivity contribution in [1.29, 1.82) is 0 Å². The molecule has 0 unspecified atom stereocenters. The Morgan fingerprint density at radius 1 is 1.00 bits per heavy atom. The van der Waals surface area contributed by atoms with Crippen LogP contribution >= 0.6 is 0 Å². The number of aliphatic hydroxyl groups is 1. The summed E-state index contributed by atoms with van der Waals surface area (Å²) in [5.74, 6) is 1.65. The van der Waals surface area contributed by atoms with Crippen LogP contribution in [0.1, 0.15) is 59.8 Å². The topological polar surface area (TPSA) is 32.7 Å². The highest BCUT2D eigenvalue weighted by Gasteiger charge is 2.29. The van der Waals surface area contributed by atoms with Crippen LogP contribution in [0.15, 0.2) is 0 Å². The summed E-state index contributed by atoms with van der Waals surface area (Å²) in [5.41, 5.74) is 0. The zero-order valence-corrected chi connectivity index (χ0v) is 14.4. The Bertz CT molecular complexity index is 197. The Morgan fingerprint density at radius 2 is 1.55 bits per heavy atom. The summed E-state index contributed by atoms with van der Waals surface area (Å²) < 4.78 is 5.13. The number of hydrogen-bond donors (Lipinski definition) is 1. The Balaban J connectivity index is 0.000000829. The van der Waals surface area contributed by atoms with E-state index in [1.165, 1.54) is 38.9 Å². The summed E-state index contributed by atoms with van der Waals surface area (Å²) in [6.07, 6.45) is 5.96. The molecule has 20 heavy (non-hydrogen) atoms. The molecule has 0 atom stereocenters. The highest BCUT2D eigenvalue weighted by atomic mass is 16.5. The fourth-order valence-electron chi connectivity index (χ4n) is 2.96. The summed E-state index contributed by atoms with van der Waals surface area (Å²) in [4.78, 5) is 2.58. The van der Waals surface area contributed by atoms with Gasteiger partial charge in [-0.15, -0.1) is 0 Å². The molecule has 0 amide bonds. The van der Waals surface area contributed by atoms with Crippen LogP contribution in [0.3, 0.4) is 0 Å². The maximum atomic E-state index is 9.25. The molecule has 3 nitrogen and oxygen atoms in total. The molecule has 2 fully saturated rings. The predicted molar refractivity (Wildman–Crippen MR) is 87.1 cm³/mol. The van der Waals surface area contributed by atoms with Crippen LogP contribution < -0.4 is 0 Å². The first kappa shape index (κ1) is 19.9. The average Bonchev–Trinajstić information content (AvgIpc) is 2.49. The first-order valence-electron chi connectivity index (χ1n) is 8.67. The molecule has 122 valence electrons. The maximum Gasteiger partial charge on any atom is 0.0546 e. The fraction of sp³-hybridized carbons (Fsp3) is 1.00. The summed E-state index contributed by atoms with van der Waals surface area (Å²) in [6.45, 7) is 12.6. The van der Waals surface area contributed by atoms with Gasteiger partial charge in [-0.2, -0.15) is 0 Å². The second kappa shape index (κ2) is 12.6. The van der Waals surface area contributed by atoms with E-state index in [0.717, 1.165) is 31.3 Å². The van der Waals surface area contributed by atoms with Gasteiger partial charge in [-0.3, -0.25) is 0 Å². The molecule has 0 aromatic rings. The van der Waals surface area contributed by atoms with Crippen molar-refractivity contribution < 1.29 is 9.84 Å². The van der Waals surface area contributed by atoms with Gasteiger partial charge < -0.3 is 14.7 Å². The zero-order chi connectivity index (χ0) is 15.4. The van der Waals surface area contributed by atoms with Crippen molar-refractivity contribution in [3.05, 3.63) is 0 Å². The highest BCUT2D eigenvalue weighted by Crippen LogP contribution is 2.29. The van der Waals surface area contributed by atoms with E-state index in [2.05, 4.69) is 4.90 Å². The van der Waals surface area contributed by atoms with Crippen molar-refractivity contribution >= 4 is 0 Å². The van der Waals surface area contributed by atoms with Crippen LogP contribution in [0.25, 0.3) is 0 Å². The molecule has 0 aromatic carbocycles. The third-order valence-electron chi connectivity index (χ3n) is 4.16. The van der Waals surface area contributed by atoms with Crippen LogP contribution in [-0.2, 0) is 4.74 Å². The lowest BCUT2D eigenvalue weighted by Crippen LogP contribution is -2.42. The Labute approximate surface area is 126 Å². The third-order valence-corrected chi connectivity index (χ3v) is 4.16. The quantitative estimate of drug-likeness (QED) is 0.839. The SMILES string of the molecule is CC.CC.COCCC1CCN(CC2CC(O)C2)CC1. The first-order chi connectivity index (χ1) is 9.78. The molecule has 1 saturated carbocycles. The molecule has 1 aliphatic heterocycles. The highest BCUT2D eigenvalue weighted by molar-refractivity contribution is 4.83. The van der Waals surface area contributed by atoms with Crippen molar-refractivity contribution in [3.8, 4) is 0 Å². The molecule has 2 rings (SSSR count). The first-order valence-corrected chi connectivity index (χ1v) is 8.67. The lowest BCUT2D eigenvalue weighted by molar-refractivity contribution is 0.0174. The molecule has 1 saturated heterocycles. The molecular weight excluding hydrogens is 250 g/mol. The summed E-state index contributed by atoms with van der Waals surface area (Å²) in [5, 5.41) is 9.25. The van der Waals surface area contributed by atoms with E-state index >= 15 is 0 Å². The van der Waals surface area contributed by atoms with Gasteiger partial charge in [0, 0.05) is 20.3 Å². The molecule has 0 radical (unpaired) electrons. The molecule has 0 spiro atoms. The second-order valence-corrected chi connectivity index (χ2v) is 5.52. The molecule has 2 aliphatic rings. The van der Waals surface area contributed by atoms with Gasteiger partial charge in [0.15, 0.2) is 0 Å². The maximum absolute atomic E-state index is 9.25. The Morgan fingerprint density at radius 3 is 2.00 bits per heavy atom. The van der Waals surface area contributed by atoms with Crippen molar-refractivity contribution in [1.82, 2.24) is 4.90 Å². The molecule has 1 N–H and O–H groups in total. The van der Waals surface area contributed by atoms with E-state index < -0.39 is 0 Å². The molecule has 0 bridgehead atoms. The van der Waals surface area contributed by atoms with Crippen LogP contribution in [0, 0.1) is 11.8 Å². The summed E-state index contributed by atoms with van der Waals surface area (Å²) in [7, 11) is 1.79. The summed E-state index contributed by atoms with van der Waals surface area (Å²) in [6, 6.07) is 0. The zero-order valence-electron chi connectivity index (χ0n) is 14.4. The number of methoxy groups -OCH3 is 1. The van der Waals surface area contributed by atoms with E-state index in [1.54, 1.807) is 7.11 Å². The normalized spacial score (nSPS) is 26.7. The molecule has 1 aliphatic carbocycles. The number of piperidine rings is 1. The Kier molecular flexibility index (Phi) is 12.5. The largest absolute Gasteiger partial charge is 0.393 e. The standard InChI is InChI=1S/C13H25NO2.2C2H6/c1-16-7-4-11-2-5-14(6-3-11)10-12-8-13(15)9-12;2*1-2/h11-13,15H,2-10H2,1H3;2*1-2H3. The van der Waals surface area contributed by atoms with Gasteiger partial charge in [-0.1, -0.05) is 27.7 Å². The third kappa shape index (κ3) is 7.61. The van der Waals surface area contributed by atoms with Crippen molar-refractivity contribution in [2.75, 3.05) is 33.4 Å². The summed E-state index contributed by atoms with van der Waals surface area (Å²) >= 11 is 0. The van der Waals surface area contributed by atoms with Gasteiger partial charge >= 0.3 is 0 Å². The second-order valence-electron chi connectivity index (χ2n) is 5.52.